The van der Waals surface area contributed by atoms with E-state index in [0.29, 0.717) is 6.08 Å². The van der Waals surface area contributed by atoms with E-state index in [1.165, 1.54) is 43.6 Å². The first-order valence-corrected chi connectivity index (χ1v) is 18.8. The first kappa shape index (κ1) is 45.0. The van der Waals surface area contributed by atoms with Crippen LogP contribution in [0.25, 0.3) is 42.7 Å². The van der Waals surface area contributed by atoms with Crippen molar-refractivity contribution in [3.8, 4) is 21.7 Å². The Balaban J connectivity index is 0.000000393. The number of rotatable bonds is 5. The molecule has 0 bridgehead atoms. The normalized spacial score (nSPS) is 13.1. The molecule has 0 saturated heterocycles. The van der Waals surface area contributed by atoms with Gasteiger partial charge in [-0.1, -0.05) is 104 Å². The Morgan fingerprint density at radius 2 is 1.44 bits per heavy atom. The van der Waals surface area contributed by atoms with E-state index in [2.05, 4.69) is 111 Å². The van der Waals surface area contributed by atoms with Gasteiger partial charge in [-0.05, 0) is 79.7 Å². The summed E-state index contributed by atoms with van der Waals surface area (Å²) in [5.41, 5.74) is 8.06. The molecule has 4 nitrogen and oxygen atoms in total. The number of allylic oxidation sites excluding steroid dienone is 2. The molecule has 54 heavy (non-hydrogen) atoms. The summed E-state index contributed by atoms with van der Waals surface area (Å²) in [6.07, 6.45) is -1.18. The van der Waals surface area contributed by atoms with Gasteiger partial charge in [0, 0.05) is 46.9 Å². The van der Waals surface area contributed by atoms with Crippen LogP contribution in [0.2, 0.25) is 0 Å². The number of carbonyl (C=O) groups excluding carboxylic acids is 1. The van der Waals surface area contributed by atoms with Crippen molar-refractivity contribution in [2.45, 2.75) is 115 Å². The van der Waals surface area contributed by atoms with Crippen LogP contribution in [0.3, 0.4) is 0 Å². The summed E-state index contributed by atoms with van der Waals surface area (Å²) in [6.45, 7) is 26.8. The fourth-order valence-corrected chi connectivity index (χ4v) is 7.66. The van der Waals surface area contributed by atoms with E-state index in [4.69, 9.17) is 9.97 Å². The van der Waals surface area contributed by atoms with Gasteiger partial charge in [0.25, 0.3) is 0 Å². The molecular formula is C45H54F3IrN2O2S-. The minimum atomic E-state index is -4.63. The number of halogens is 3. The third-order valence-electron chi connectivity index (χ3n) is 9.46. The zero-order chi connectivity index (χ0) is 40.1. The molecule has 0 aliphatic heterocycles. The average Bonchev–Trinajstić information content (AvgIpc) is 3.33. The fraction of sp³-hybridized carbons (Fsp3) is 0.444. The fourth-order valence-electron chi connectivity index (χ4n) is 6.22. The second kappa shape index (κ2) is 16.0. The number of ketones is 1. The predicted octanol–water partition coefficient (Wildman–Crippen LogP) is 13.4. The van der Waals surface area contributed by atoms with E-state index in [9.17, 15) is 23.1 Å². The van der Waals surface area contributed by atoms with Crippen LogP contribution in [-0.4, -0.2) is 27.0 Å². The topological polar surface area (TPSA) is 63.1 Å². The molecular weight excluding hydrogens is 882 g/mol. The Kier molecular flexibility index (Phi) is 13.3. The molecule has 0 fully saturated rings. The molecule has 0 saturated carbocycles. The smallest absolute Gasteiger partial charge is 0.401 e. The summed E-state index contributed by atoms with van der Waals surface area (Å²) >= 11 is 1.82. The number of aromatic nitrogens is 2. The van der Waals surface area contributed by atoms with Crippen molar-refractivity contribution in [2.75, 3.05) is 0 Å². The Labute approximate surface area is 337 Å². The molecule has 9 heteroatoms. The predicted molar refractivity (Wildman–Crippen MR) is 216 cm³/mol. The van der Waals surface area contributed by atoms with Gasteiger partial charge >= 0.3 is 6.18 Å². The van der Waals surface area contributed by atoms with Gasteiger partial charge in [-0.2, -0.15) is 13.2 Å². The van der Waals surface area contributed by atoms with Crippen LogP contribution in [0.1, 0.15) is 104 Å². The van der Waals surface area contributed by atoms with Gasteiger partial charge in [0.15, 0.2) is 5.78 Å². The molecule has 0 amide bonds. The van der Waals surface area contributed by atoms with Gasteiger partial charge in [-0.15, -0.1) is 40.5 Å². The minimum absolute atomic E-state index is 0. The van der Waals surface area contributed by atoms with Crippen molar-refractivity contribution >= 4 is 38.1 Å². The second-order valence-electron chi connectivity index (χ2n) is 18.0. The number of aliphatic hydroxyl groups is 1. The monoisotopic (exact) mass is 936 g/mol. The second-order valence-corrected chi connectivity index (χ2v) is 19.0. The number of fused-ring (bicyclic) bond motifs is 2. The third-order valence-corrected chi connectivity index (χ3v) is 10.8. The standard InChI is InChI=1S/C34H37N2S.C11H17F3O2.Ir/c1-20-14-23(18-33(4,5)6)15-21(2)28(20)31-22(3)29-32(37-31)30(36-19-35-29)25-16-24-12-10-11-13-26(24)27(17-25)34(7,8)9;1-9(2,3)7(15)6-8(16)10(4,5)11(12,13)14;/h10-15,17,19H,18H2,1-9H3;6,15H,1-5H3;/q-1;;/b;7-6-;. The first-order chi connectivity index (χ1) is 24.1. The Bertz CT molecular complexity index is 2170. The van der Waals surface area contributed by atoms with Gasteiger partial charge in [-0.3, -0.25) is 9.78 Å². The maximum Gasteiger partial charge on any atom is 0.401 e. The van der Waals surface area contributed by atoms with E-state index >= 15 is 0 Å². The molecule has 2 aromatic heterocycles. The molecule has 0 atom stereocenters. The van der Waals surface area contributed by atoms with Gasteiger partial charge in [0.2, 0.25) is 0 Å². The van der Waals surface area contributed by atoms with Gasteiger partial charge in [0.05, 0.1) is 5.52 Å². The number of nitrogens with zero attached hydrogens (tertiary/aromatic N) is 2. The Hall–Kier alpha value is -3.39. The molecule has 0 aliphatic carbocycles. The van der Waals surface area contributed by atoms with Crippen LogP contribution in [0, 0.1) is 43.1 Å². The van der Waals surface area contributed by atoms with E-state index in [0.717, 1.165) is 47.1 Å². The van der Waals surface area contributed by atoms with Crippen LogP contribution in [0.15, 0.2) is 60.6 Å². The Morgan fingerprint density at radius 3 is 1.96 bits per heavy atom. The van der Waals surface area contributed by atoms with E-state index in [-0.39, 0.29) is 36.7 Å². The summed E-state index contributed by atoms with van der Waals surface area (Å²) < 4.78 is 38.6. The molecule has 293 valence electrons. The number of hydrogen-bond acceptors (Lipinski definition) is 5. The van der Waals surface area contributed by atoms with Gasteiger partial charge in [-0.25, -0.2) is 4.98 Å². The van der Waals surface area contributed by atoms with Crippen molar-refractivity contribution < 1.29 is 43.2 Å². The summed E-state index contributed by atoms with van der Waals surface area (Å²) in [4.78, 5) is 22.3. The molecule has 2 heterocycles. The zero-order valence-electron chi connectivity index (χ0n) is 34.0. The first-order valence-electron chi connectivity index (χ1n) is 18.0. The van der Waals surface area contributed by atoms with Crippen molar-refractivity contribution in [1.82, 2.24) is 9.97 Å². The molecule has 5 aromatic rings. The molecule has 3 aromatic carbocycles. The van der Waals surface area contributed by atoms with Crippen molar-refractivity contribution in [1.29, 1.82) is 0 Å². The van der Waals surface area contributed by atoms with Gasteiger partial charge in [0.1, 0.15) is 17.5 Å². The molecule has 1 N–H and O–H groups in total. The molecule has 1 radical (unpaired) electrons. The molecule has 0 unspecified atom stereocenters. The maximum absolute atomic E-state index is 12.5. The average molecular weight is 936 g/mol. The van der Waals surface area contributed by atoms with Crippen LogP contribution in [0.5, 0.6) is 0 Å². The molecule has 5 rings (SSSR count). The van der Waals surface area contributed by atoms with Crippen molar-refractivity contribution in [3.63, 3.8) is 0 Å². The quantitative estimate of drug-likeness (QED) is 0.108. The van der Waals surface area contributed by atoms with Gasteiger partial charge < -0.3 is 5.11 Å². The zero-order valence-corrected chi connectivity index (χ0v) is 37.2. The number of aryl methyl sites for hydroxylation is 3. The summed E-state index contributed by atoms with van der Waals surface area (Å²) in [6, 6.07) is 19.3. The van der Waals surface area contributed by atoms with E-state index in [1.807, 2.05) is 11.3 Å². The number of aliphatic hydroxyl groups excluding tert-OH is 1. The minimum Gasteiger partial charge on any atom is -0.512 e. The SMILES string of the molecule is CC(C)(C)/C(O)=C/C(=O)C(C)(C)C(F)(F)F.Cc1cc(CC(C)(C)C)cc(C)c1-c1sc2c(-c3[c-]c4ccccc4c(C(C)(C)C)c3)ncnc2c1C.[Ir]. The number of hydrogen-bond donors (Lipinski definition) is 1. The summed E-state index contributed by atoms with van der Waals surface area (Å²) in [5.74, 6) is -1.50. The van der Waals surface area contributed by atoms with Crippen LogP contribution in [-0.2, 0) is 36.7 Å². The Morgan fingerprint density at radius 1 is 0.870 bits per heavy atom. The number of thiophene rings is 1. The third kappa shape index (κ3) is 9.88. The molecule has 0 aliphatic rings. The maximum atomic E-state index is 12.5. The number of alkyl halides is 3. The van der Waals surface area contributed by atoms with E-state index < -0.39 is 22.8 Å². The van der Waals surface area contributed by atoms with Crippen LogP contribution < -0.4 is 0 Å². The largest absolute Gasteiger partial charge is 0.512 e. The van der Waals surface area contributed by atoms with E-state index in [1.54, 1.807) is 27.1 Å². The van der Waals surface area contributed by atoms with Crippen LogP contribution in [0.4, 0.5) is 13.2 Å². The van der Waals surface area contributed by atoms with Crippen molar-refractivity contribution in [3.05, 3.63) is 94.5 Å². The summed E-state index contributed by atoms with van der Waals surface area (Å²) in [7, 11) is 0. The van der Waals surface area contributed by atoms with Crippen LogP contribution >= 0.6 is 11.3 Å². The van der Waals surface area contributed by atoms with Crippen molar-refractivity contribution in [2.24, 2.45) is 16.2 Å². The summed E-state index contributed by atoms with van der Waals surface area (Å²) in [5, 5.41) is 11.8. The number of carbonyl (C=O) groups is 1. The molecule has 0 spiro atoms. The number of benzene rings is 3.